The molecule has 0 saturated carbocycles. The minimum absolute atomic E-state index is 0.0498. The van der Waals surface area contributed by atoms with Crippen molar-refractivity contribution in [1.29, 1.82) is 0 Å². The zero-order valence-corrected chi connectivity index (χ0v) is 12.7. The van der Waals surface area contributed by atoms with E-state index < -0.39 is 5.82 Å². The van der Waals surface area contributed by atoms with Gasteiger partial charge in [-0.15, -0.1) is 0 Å². The largest absolute Gasteiger partial charge is 0.338 e. The van der Waals surface area contributed by atoms with E-state index in [1.807, 2.05) is 27.7 Å². The molecule has 0 spiro atoms. The summed E-state index contributed by atoms with van der Waals surface area (Å²) in [6.07, 6.45) is 0. The van der Waals surface area contributed by atoms with Crippen LogP contribution in [0.5, 0.6) is 0 Å². The van der Waals surface area contributed by atoms with E-state index in [1.54, 1.807) is 4.90 Å². The molecule has 0 aliphatic heterocycles. The Hall–Kier alpha value is -1.09. The van der Waals surface area contributed by atoms with Crippen LogP contribution in [0.15, 0.2) is 18.2 Å². The van der Waals surface area contributed by atoms with Crippen LogP contribution in [0, 0.1) is 17.7 Å². The number of benzene rings is 1. The average molecular weight is 286 g/mol. The maximum atomic E-state index is 13.7. The first-order chi connectivity index (χ1) is 8.81. The van der Waals surface area contributed by atoms with Gasteiger partial charge in [0.05, 0.1) is 5.56 Å². The third kappa shape index (κ3) is 4.83. The summed E-state index contributed by atoms with van der Waals surface area (Å²) in [6.45, 7) is 9.37. The molecule has 0 heterocycles. The molecule has 0 saturated heterocycles. The van der Waals surface area contributed by atoms with Crippen molar-refractivity contribution in [3.05, 3.63) is 34.6 Å². The Labute approximate surface area is 119 Å². The van der Waals surface area contributed by atoms with Crippen LogP contribution < -0.4 is 0 Å². The molecule has 1 rings (SSSR count). The monoisotopic (exact) mass is 285 g/mol. The highest BCUT2D eigenvalue weighted by Gasteiger charge is 2.21. The van der Waals surface area contributed by atoms with Gasteiger partial charge in [-0.1, -0.05) is 39.3 Å². The van der Waals surface area contributed by atoms with Crippen LogP contribution >= 0.6 is 11.6 Å². The van der Waals surface area contributed by atoms with Crippen molar-refractivity contribution in [2.45, 2.75) is 27.7 Å². The molecule has 0 N–H and O–H groups in total. The van der Waals surface area contributed by atoms with E-state index in [0.717, 1.165) is 0 Å². The number of hydrogen-bond donors (Lipinski definition) is 0. The third-order valence-electron chi connectivity index (χ3n) is 2.62. The van der Waals surface area contributed by atoms with E-state index in [9.17, 15) is 9.18 Å². The summed E-state index contributed by atoms with van der Waals surface area (Å²) in [5, 5.41) is 0.374. The van der Waals surface area contributed by atoms with Gasteiger partial charge in [-0.2, -0.15) is 0 Å². The molecule has 0 aromatic heterocycles. The fraction of sp³-hybridized carbons (Fsp3) is 0.533. The van der Waals surface area contributed by atoms with Crippen LogP contribution in [-0.4, -0.2) is 23.9 Å². The van der Waals surface area contributed by atoms with Crippen LogP contribution in [0.4, 0.5) is 4.39 Å². The number of hydrogen-bond acceptors (Lipinski definition) is 1. The van der Waals surface area contributed by atoms with E-state index in [0.29, 0.717) is 29.9 Å². The Morgan fingerprint density at radius 3 is 2.21 bits per heavy atom. The molecule has 0 radical (unpaired) electrons. The van der Waals surface area contributed by atoms with Crippen LogP contribution in [0.2, 0.25) is 5.02 Å². The van der Waals surface area contributed by atoms with Crippen LogP contribution in [-0.2, 0) is 0 Å². The smallest absolute Gasteiger partial charge is 0.256 e. The second-order valence-electron chi connectivity index (χ2n) is 5.62. The van der Waals surface area contributed by atoms with Gasteiger partial charge in [0, 0.05) is 18.1 Å². The maximum absolute atomic E-state index is 13.7. The molecular formula is C15H21ClFNO. The second-order valence-corrected chi connectivity index (χ2v) is 6.06. The minimum atomic E-state index is -0.521. The lowest BCUT2D eigenvalue weighted by Gasteiger charge is -2.26. The topological polar surface area (TPSA) is 20.3 Å². The van der Waals surface area contributed by atoms with Gasteiger partial charge in [0.2, 0.25) is 0 Å². The van der Waals surface area contributed by atoms with Crippen LogP contribution in [0.3, 0.4) is 0 Å². The normalized spacial score (nSPS) is 11.2. The van der Waals surface area contributed by atoms with Gasteiger partial charge in [0.25, 0.3) is 5.91 Å². The van der Waals surface area contributed by atoms with Crippen molar-refractivity contribution >= 4 is 17.5 Å². The second kappa shape index (κ2) is 6.90. The predicted octanol–water partition coefficient (Wildman–Crippen LogP) is 4.23. The van der Waals surface area contributed by atoms with Gasteiger partial charge < -0.3 is 4.90 Å². The van der Waals surface area contributed by atoms with Crippen molar-refractivity contribution in [2.75, 3.05) is 13.1 Å². The molecule has 0 fully saturated rings. The van der Waals surface area contributed by atoms with Crippen molar-refractivity contribution in [2.24, 2.45) is 11.8 Å². The quantitative estimate of drug-likeness (QED) is 0.793. The van der Waals surface area contributed by atoms with Gasteiger partial charge in [0.15, 0.2) is 0 Å². The Morgan fingerprint density at radius 2 is 1.74 bits per heavy atom. The van der Waals surface area contributed by atoms with E-state index >= 15 is 0 Å². The van der Waals surface area contributed by atoms with Gasteiger partial charge >= 0.3 is 0 Å². The number of halogens is 2. The molecule has 2 nitrogen and oxygen atoms in total. The molecule has 106 valence electrons. The number of rotatable bonds is 5. The zero-order valence-electron chi connectivity index (χ0n) is 11.9. The molecule has 1 aromatic rings. The lowest BCUT2D eigenvalue weighted by Crippen LogP contribution is -2.37. The zero-order chi connectivity index (χ0) is 14.6. The number of carbonyl (C=O) groups is 1. The highest BCUT2D eigenvalue weighted by atomic mass is 35.5. The molecule has 0 unspecified atom stereocenters. The summed E-state index contributed by atoms with van der Waals surface area (Å²) < 4.78 is 13.7. The molecule has 0 aliphatic carbocycles. The van der Waals surface area contributed by atoms with Gasteiger partial charge in [-0.05, 0) is 30.0 Å². The van der Waals surface area contributed by atoms with E-state index in [1.165, 1.54) is 18.2 Å². The summed E-state index contributed by atoms with van der Waals surface area (Å²) in [4.78, 5) is 14.1. The van der Waals surface area contributed by atoms with Gasteiger partial charge in [0.1, 0.15) is 5.82 Å². The summed E-state index contributed by atoms with van der Waals surface area (Å²) >= 11 is 5.84. The number of nitrogens with zero attached hydrogens (tertiary/aromatic N) is 1. The van der Waals surface area contributed by atoms with E-state index in [4.69, 9.17) is 11.6 Å². The maximum Gasteiger partial charge on any atom is 0.256 e. The first-order valence-corrected chi connectivity index (χ1v) is 6.93. The average Bonchev–Trinajstić information content (AvgIpc) is 2.29. The van der Waals surface area contributed by atoms with Crippen LogP contribution in [0.1, 0.15) is 38.1 Å². The standard InChI is InChI=1S/C15H21ClFNO/c1-10(2)8-18(9-11(3)4)15(19)13-7-12(16)5-6-14(13)17/h5-7,10-11H,8-9H2,1-4H3. The van der Waals surface area contributed by atoms with Crippen molar-refractivity contribution in [3.8, 4) is 0 Å². The summed E-state index contributed by atoms with van der Waals surface area (Å²) in [5.74, 6) is -0.135. The van der Waals surface area contributed by atoms with Crippen molar-refractivity contribution in [1.82, 2.24) is 4.90 Å². The first-order valence-electron chi connectivity index (χ1n) is 6.55. The summed E-state index contributed by atoms with van der Waals surface area (Å²) in [5.41, 5.74) is 0.0498. The first kappa shape index (κ1) is 16.0. The van der Waals surface area contributed by atoms with Gasteiger partial charge in [-0.3, -0.25) is 4.79 Å². The molecule has 0 bridgehead atoms. The predicted molar refractivity (Wildman–Crippen MR) is 77.0 cm³/mol. The summed E-state index contributed by atoms with van der Waals surface area (Å²) in [7, 11) is 0. The Bertz CT molecular complexity index is 436. The van der Waals surface area contributed by atoms with E-state index in [-0.39, 0.29) is 11.5 Å². The fourth-order valence-corrected chi connectivity index (χ4v) is 2.13. The van der Waals surface area contributed by atoms with Crippen molar-refractivity contribution in [3.63, 3.8) is 0 Å². The Morgan fingerprint density at radius 1 is 1.21 bits per heavy atom. The molecule has 1 amide bonds. The molecule has 1 aromatic carbocycles. The highest BCUT2D eigenvalue weighted by Crippen LogP contribution is 2.18. The molecule has 19 heavy (non-hydrogen) atoms. The summed E-state index contributed by atoms with van der Waals surface area (Å²) in [6, 6.07) is 4.08. The fourth-order valence-electron chi connectivity index (χ4n) is 1.95. The Kier molecular flexibility index (Phi) is 5.80. The molecule has 0 atom stereocenters. The third-order valence-corrected chi connectivity index (χ3v) is 2.85. The van der Waals surface area contributed by atoms with Crippen molar-refractivity contribution < 1.29 is 9.18 Å². The lowest BCUT2D eigenvalue weighted by molar-refractivity contribution is 0.0710. The number of carbonyl (C=O) groups excluding carboxylic acids is 1. The molecule has 0 aliphatic rings. The number of amides is 1. The van der Waals surface area contributed by atoms with Crippen LogP contribution in [0.25, 0.3) is 0 Å². The SMILES string of the molecule is CC(C)CN(CC(C)C)C(=O)c1cc(Cl)ccc1F. The minimum Gasteiger partial charge on any atom is -0.338 e. The lowest BCUT2D eigenvalue weighted by atomic mass is 10.1. The molecular weight excluding hydrogens is 265 g/mol. The van der Waals surface area contributed by atoms with E-state index in [2.05, 4.69) is 0 Å². The van der Waals surface area contributed by atoms with Gasteiger partial charge in [-0.25, -0.2) is 4.39 Å². The highest BCUT2D eigenvalue weighted by molar-refractivity contribution is 6.31. The Balaban J connectivity index is 3.00. The molecule has 4 heteroatoms.